The minimum absolute atomic E-state index is 0.181. The highest BCUT2D eigenvalue weighted by atomic mass is 79.9. The highest BCUT2D eigenvalue weighted by Gasteiger charge is 2.21. The van der Waals surface area contributed by atoms with Gasteiger partial charge < -0.3 is 9.47 Å². The third-order valence-electron chi connectivity index (χ3n) is 2.51. The largest absolute Gasteiger partial charge is 0.489 e. The van der Waals surface area contributed by atoms with Gasteiger partial charge in [-0.1, -0.05) is 0 Å². The van der Waals surface area contributed by atoms with E-state index < -0.39 is 11.8 Å². The van der Waals surface area contributed by atoms with Crippen LogP contribution in [-0.2, 0) is 9.53 Å². The van der Waals surface area contributed by atoms with Crippen molar-refractivity contribution in [3.63, 3.8) is 0 Å². The van der Waals surface area contributed by atoms with Crippen LogP contribution in [0.1, 0.15) is 12.0 Å². The molecular formula is C12H10BrFO3. The molecule has 0 amide bonds. The topological polar surface area (TPSA) is 35.5 Å². The van der Waals surface area contributed by atoms with Crippen LogP contribution in [0, 0.1) is 5.82 Å². The number of ether oxygens (including phenoxy) is 2. The van der Waals surface area contributed by atoms with E-state index in [4.69, 9.17) is 4.74 Å². The quantitative estimate of drug-likeness (QED) is 0.591. The first-order valence-electron chi connectivity index (χ1n) is 5.03. The molecule has 0 N–H and O–H groups in total. The Bertz CT molecular complexity index is 497. The number of hydrogen-bond donors (Lipinski definition) is 0. The molecule has 0 saturated heterocycles. The van der Waals surface area contributed by atoms with E-state index in [2.05, 4.69) is 20.7 Å². The molecule has 0 aromatic heterocycles. The zero-order valence-electron chi connectivity index (χ0n) is 9.13. The van der Waals surface area contributed by atoms with E-state index in [9.17, 15) is 9.18 Å². The van der Waals surface area contributed by atoms with Crippen LogP contribution in [0.4, 0.5) is 4.39 Å². The first-order valence-corrected chi connectivity index (χ1v) is 5.82. The number of benzene rings is 1. The van der Waals surface area contributed by atoms with Gasteiger partial charge in [0.05, 0.1) is 18.2 Å². The van der Waals surface area contributed by atoms with Crippen LogP contribution >= 0.6 is 15.9 Å². The lowest BCUT2D eigenvalue weighted by Gasteiger charge is -2.20. The standard InChI is InChI=1S/C12H10BrFO3/c1-16-10(15)6-7-4-5-17-12-8(7)2-3-9(13)11(12)14/h2-3,6H,4-5H2,1H3/b7-6+. The number of rotatable bonds is 1. The molecule has 0 fully saturated rings. The third kappa shape index (κ3) is 2.34. The van der Waals surface area contributed by atoms with E-state index >= 15 is 0 Å². The Morgan fingerprint density at radius 3 is 3.06 bits per heavy atom. The lowest BCUT2D eigenvalue weighted by molar-refractivity contribution is -0.134. The average molecular weight is 301 g/mol. The Hall–Kier alpha value is -1.36. The van der Waals surface area contributed by atoms with E-state index in [1.807, 2.05) is 0 Å². The maximum atomic E-state index is 13.8. The van der Waals surface area contributed by atoms with Crippen LogP contribution in [0.15, 0.2) is 22.7 Å². The highest BCUT2D eigenvalue weighted by molar-refractivity contribution is 9.10. The third-order valence-corrected chi connectivity index (χ3v) is 3.12. The average Bonchev–Trinajstić information content (AvgIpc) is 2.34. The Morgan fingerprint density at radius 1 is 1.59 bits per heavy atom. The van der Waals surface area contributed by atoms with E-state index in [1.54, 1.807) is 12.1 Å². The van der Waals surface area contributed by atoms with Crippen molar-refractivity contribution in [2.75, 3.05) is 13.7 Å². The molecule has 0 unspecified atom stereocenters. The van der Waals surface area contributed by atoms with E-state index in [1.165, 1.54) is 13.2 Å². The van der Waals surface area contributed by atoms with Crippen molar-refractivity contribution in [2.24, 2.45) is 0 Å². The number of carbonyl (C=O) groups excluding carboxylic acids is 1. The smallest absolute Gasteiger partial charge is 0.330 e. The van der Waals surface area contributed by atoms with E-state index in [0.29, 0.717) is 23.1 Å². The molecule has 1 heterocycles. The van der Waals surface area contributed by atoms with Crippen LogP contribution in [0.5, 0.6) is 5.75 Å². The van der Waals surface area contributed by atoms with Gasteiger partial charge in [0.1, 0.15) is 0 Å². The van der Waals surface area contributed by atoms with Crippen LogP contribution in [0.2, 0.25) is 0 Å². The van der Waals surface area contributed by atoms with Crippen molar-refractivity contribution in [1.82, 2.24) is 0 Å². The Balaban J connectivity index is 2.49. The summed E-state index contributed by atoms with van der Waals surface area (Å²) in [6, 6.07) is 3.31. The van der Waals surface area contributed by atoms with Crippen molar-refractivity contribution in [3.8, 4) is 5.75 Å². The zero-order valence-corrected chi connectivity index (χ0v) is 10.7. The van der Waals surface area contributed by atoms with Crippen molar-refractivity contribution >= 4 is 27.5 Å². The Morgan fingerprint density at radius 2 is 2.35 bits per heavy atom. The molecule has 90 valence electrons. The van der Waals surface area contributed by atoms with Gasteiger partial charge in [0.15, 0.2) is 11.6 Å². The fourth-order valence-corrected chi connectivity index (χ4v) is 1.99. The summed E-state index contributed by atoms with van der Waals surface area (Å²) in [7, 11) is 1.31. The van der Waals surface area contributed by atoms with Crippen molar-refractivity contribution in [3.05, 3.63) is 34.1 Å². The Labute approximate surface area is 106 Å². The van der Waals surface area contributed by atoms with Crippen molar-refractivity contribution < 1.29 is 18.7 Å². The van der Waals surface area contributed by atoms with Crippen LogP contribution < -0.4 is 4.74 Å². The lowest BCUT2D eigenvalue weighted by Crippen LogP contribution is -2.11. The summed E-state index contributed by atoms with van der Waals surface area (Å²) in [6.45, 7) is 0.350. The van der Waals surface area contributed by atoms with Crippen LogP contribution in [-0.4, -0.2) is 19.7 Å². The van der Waals surface area contributed by atoms with Gasteiger partial charge in [0.2, 0.25) is 0 Å². The summed E-state index contributed by atoms with van der Waals surface area (Å²) in [5.41, 5.74) is 1.33. The SMILES string of the molecule is COC(=O)/C=C1\CCOc2c1ccc(Br)c2F. The molecule has 1 aliphatic rings. The molecule has 0 radical (unpaired) electrons. The molecule has 0 spiro atoms. The molecule has 0 aliphatic carbocycles. The lowest BCUT2D eigenvalue weighted by atomic mass is 9.99. The predicted octanol–water partition coefficient (Wildman–Crippen LogP) is 2.93. The minimum atomic E-state index is -0.448. The van der Waals surface area contributed by atoms with Crippen molar-refractivity contribution in [2.45, 2.75) is 6.42 Å². The second kappa shape index (κ2) is 4.87. The normalized spacial score (nSPS) is 16.3. The van der Waals surface area contributed by atoms with Gasteiger partial charge >= 0.3 is 5.97 Å². The molecule has 0 saturated carbocycles. The Kier molecular flexibility index (Phi) is 3.47. The van der Waals surface area contributed by atoms with Gasteiger partial charge in [-0.05, 0) is 33.6 Å². The first kappa shape index (κ1) is 12.1. The van der Waals surface area contributed by atoms with Gasteiger partial charge in [-0.2, -0.15) is 0 Å². The fraction of sp³-hybridized carbons (Fsp3) is 0.250. The monoisotopic (exact) mass is 300 g/mol. The number of methoxy groups -OCH3 is 1. The van der Waals surface area contributed by atoms with Gasteiger partial charge in [0.25, 0.3) is 0 Å². The molecule has 3 nitrogen and oxygen atoms in total. The number of fused-ring (bicyclic) bond motifs is 1. The molecule has 1 aliphatic heterocycles. The van der Waals surface area contributed by atoms with E-state index in [0.717, 1.165) is 5.57 Å². The first-order chi connectivity index (χ1) is 8.13. The maximum absolute atomic E-state index is 13.8. The highest BCUT2D eigenvalue weighted by Crippen LogP contribution is 2.37. The molecule has 0 atom stereocenters. The number of carbonyl (C=O) groups is 1. The summed E-state index contributed by atoms with van der Waals surface area (Å²) < 4.78 is 23.9. The van der Waals surface area contributed by atoms with Crippen LogP contribution in [0.25, 0.3) is 5.57 Å². The molecule has 0 bridgehead atoms. The molecule has 5 heteroatoms. The minimum Gasteiger partial charge on any atom is -0.489 e. The van der Waals surface area contributed by atoms with Crippen molar-refractivity contribution in [1.29, 1.82) is 0 Å². The number of hydrogen-bond acceptors (Lipinski definition) is 3. The summed E-state index contributed by atoms with van der Waals surface area (Å²) in [5.74, 6) is -0.713. The van der Waals surface area contributed by atoms with Gasteiger partial charge in [0, 0.05) is 18.1 Å². The molecule has 1 aromatic rings. The summed E-state index contributed by atoms with van der Waals surface area (Å²) in [4.78, 5) is 11.2. The zero-order chi connectivity index (χ0) is 12.4. The van der Waals surface area contributed by atoms with Gasteiger partial charge in [-0.25, -0.2) is 9.18 Å². The molecule has 2 rings (SSSR count). The fourth-order valence-electron chi connectivity index (χ4n) is 1.67. The second-order valence-electron chi connectivity index (χ2n) is 3.53. The number of esters is 1. The molecule has 1 aromatic carbocycles. The molecular weight excluding hydrogens is 291 g/mol. The second-order valence-corrected chi connectivity index (χ2v) is 4.38. The summed E-state index contributed by atoms with van der Waals surface area (Å²) in [6.07, 6.45) is 1.93. The maximum Gasteiger partial charge on any atom is 0.330 e. The van der Waals surface area contributed by atoms with Crippen LogP contribution in [0.3, 0.4) is 0 Å². The number of halogens is 2. The summed E-state index contributed by atoms with van der Waals surface area (Å²) in [5, 5.41) is 0. The van der Waals surface area contributed by atoms with Gasteiger partial charge in [-0.3, -0.25) is 0 Å². The van der Waals surface area contributed by atoms with Gasteiger partial charge in [-0.15, -0.1) is 0 Å². The summed E-state index contributed by atoms with van der Waals surface area (Å²) >= 11 is 3.09. The molecule has 17 heavy (non-hydrogen) atoms. The van der Waals surface area contributed by atoms with E-state index in [-0.39, 0.29) is 5.75 Å². The predicted molar refractivity (Wildman–Crippen MR) is 64.2 cm³/mol.